The number of halogens is 1. The highest BCUT2D eigenvalue weighted by molar-refractivity contribution is 7.84. The number of hydrogen-bond donors (Lipinski definition) is 0. The molecule has 2 aromatic carbocycles. The van der Waals surface area contributed by atoms with Crippen LogP contribution in [-0.2, 0) is 17.2 Å². The molecule has 1 aromatic heterocycles. The summed E-state index contributed by atoms with van der Waals surface area (Å²) in [5.74, 6) is 0.0876. The van der Waals surface area contributed by atoms with Gasteiger partial charge in [-0.2, -0.15) is 5.10 Å². The summed E-state index contributed by atoms with van der Waals surface area (Å²) < 4.78 is 13.2. The van der Waals surface area contributed by atoms with Crippen LogP contribution in [0.15, 0.2) is 66.1 Å². The normalized spacial score (nSPS) is 15.3. The quantitative estimate of drug-likeness (QED) is 0.511. The molecule has 4 rings (SSSR count). The minimum absolute atomic E-state index is 0. The maximum atomic E-state index is 12.9. The molecule has 2 heterocycles. The lowest BCUT2D eigenvalue weighted by molar-refractivity contribution is 0.0647. The van der Waals surface area contributed by atoms with E-state index in [2.05, 4.69) is 34.2 Å². The Morgan fingerprint density at radius 1 is 1.09 bits per heavy atom. The van der Waals surface area contributed by atoms with Crippen molar-refractivity contribution < 1.29 is 9.00 Å². The van der Waals surface area contributed by atoms with Crippen molar-refractivity contribution in [1.29, 1.82) is 0 Å². The molecule has 0 spiro atoms. The largest absolute Gasteiger partial charge is 0.339 e. The van der Waals surface area contributed by atoms with E-state index in [1.807, 2.05) is 41.3 Å². The topological polar surface area (TPSA) is 71.3 Å². The van der Waals surface area contributed by atoms with Crippen LogP contribution in [0, 0.1) is 0 Å². The van der Waals surface area contributed by atoms with Gasteiger partial charge in [-0.15, -0.1) is 12.4 Å². The molecule has 1 amide bonds. The summed E-state index contributed by atoms with van der Waals surface area (Å²) in [5.41, 5.74) is 2.85. The van der Waals surface area contributed by atoms with E-state index in [1.165, 1.54) is 11.9 Å². The van der Waals surface area contributed by atoms with Crippen molar-refractivity contribution in [2.24, 2.45) is 0 Å². The molecule has 176 valence electrons. The molecule has 1 aliphatic rings. The average Bonchev–Trinajstić information content (AvgIpc) is 3.37. The number of nitrogens with zero attached hydrogens (tertiary/aromatic N) is 5. The molecule has 0 radical (unpaired) electrons. The van der Waals surface area contributed by atoms with Crippen LogP contribution >= 0.6 is 12.4 Å². The van der Waals surface area contributed by atoms with Crippen LogP contribution in [-0.4, -0.2) is 73.7 Å². The summed E-state index contributed by atoms with van der Waals surface area (Å²) in [6.45, 7) is 2.52. The monoisotopic (exact) mass is 487 g/mol. The second kappa shape index (κ2) is 11.5. The van der Waals surface area contributed by atoms with E-state index in [-0.39, 0.29) is 18.3 Å². The summed E-state index contributed by atoms with van der Waals surface area (Å²) in [6, 6.07) is 16.0. The number of hydrogen-bond acceptors (Lipinski definition) is 5. The van der Waals surface area contributed by atoms with Crippen LogP contribution < -0.4 is 0 Å². The predicted molar refractivity (Wildman–Crippen MR) is 133 cm³/mol. The standard InChI is InChI=1S/C24H29N5O2S.ClH/c1-27(14-11-19-3-9-23(10-4-19)32(2)31)21-12-15-28(16-13-21)24(30)20-5-7-22(8-6-20)29-18-25-17-26-29;/h3-10,17-18,21H,11-16H2,1-2H3;1H. The third-order valence-corrected chi connectivity index (χ3v) is 7.12. The first kappa shape index (κ1) is 25.1. The SMILES string of the molecule is CN(CCc1ccc(S(C)=O)cc1)C1CCN(C(=O)c2ccc(-n3cncn3)cc2)CC1.Cl. The number of carbonyl (C=O) groups excluding carboxylic acids is 1. The number of piperidine rings is 1. The predicted octanol–water partition coefficient (Wildman–Crippen LogP) is 3.21. The van der Waals surface area contributed by atoms with Crippen molar-refractivity contribution in [2.75, 3.05) is 32.9 Å². The summed E-state index contributed by atoms with van der Waals surface area (Å²) >= 11 is 0. The van der Waals surface area contributed by atoms with Gasteiger partial charge in [-0.05, 0) is 68.3 Å². The Balaban J connectivity index is 0.00000306. The van der Waals surface area contributed by atoms with Gasteiger partial charge in [0.05, 0.1) is 5.69 Å². The van der Waals surface area contributed by atoms with Gasteiger partial charge in [0.2, 0.25) is 0 Å². The smallest absolute Gasteiger partial charge is 0.253 e. The second-order valence-electron chi connectivity index (χ2n) is 8.24. The Morgan fingerprint density at radius 2 is 1.76 bits per heavy atom. The molecular weight excluding hydrogens is 458 g/mol. The van der Waals surface area contributed by atoms with Gasteiger partial charge in [0, 0.05) is 53.2 Å². The molecule has 1 fully saturated rings. The molecule has 0 bridgehead atoms. The molecule has 0 saturated carbocycles. The van der Waals surface area contributed by atoms with Crippen LogP contribution in [0.1, 0.15) is 28.8 Å². The van der Waals surface area contributed by atoms with Crippen LogP contribution in [0.5, 0.6) is 0 Å². The Morgan fingerprint density at radius 3 is 2.33 bits per heavy atom. The molecule has 1 saturated heterocycles. The minimum Gasteiger partial charge on any atom is -0.339 e. The van der Waals surface area contributed by atoms with Gasteiger partial charge in [0.1, 0.15) is 12.7 Å². The zero-order chi connectivity index (χ0) is 22.5. The number of likely N-dealkylation sites (tertiary alicyclic amines) is 1. The lowest BCUT2D eigenvalue weighted by atomic mass is 10.0. The maximum Gasteiger partial charge on any atom is 0.253 e. The number of carbonyl (C=O) groups is 1. The van der Waals surface area contributed by atoms with Gasteiger partial charge in [0.25, 0.3) is 5.91 Å². The van der Waals surface area contributed by atoms with Crippen molar-refractivity contribution in [3.63, 3.8) is 0 Å². The van der Waals surface area contributed by atoms with Gasteiger partial charge >= 0.3 is 0 Å². The fourth-order valence-electron chi connectivity index (χ4n) is 4.13. The van der Waals surface area contributed by atoms with Crippen molar-refractivity contribution >= 4 is 29.1 Å². The van der Waals surface area contributed by atoms with Gasteiger partial charge in [-0.25, -0.2) is 9.67 Å². The van der Waals surface area contributed by atoms with Crippen molar-refractivity contribution in [3.05, 3.63) is 72.3 Å². The van der Waals surface area contributed by atoms with Gasteiger partial charge in [-0.1, -0.05) is 12.1 Å². The zero-order valence-electron chi connectivity index (χ0n) is 19.0. The Hall–Kier alpha value is -2.55. The minimum atomic E-state index is -0.932. The van der Waals surface area contributed by atoms with E-state index in [1.54, 1.807) is 17.3 Å². The van der Waals surface area contributed by atoms with Gasteiger partial charge < -0.3 is 9.80 Å². The van der Waals surface area contributed by atoms with Crippen molar-refractivity contribution in [3.8, 4) is 5.69 Å². The van der Waals surface area contributed by atoms with Gasteiger partial charge in [-0.3, -0.25) is 9.00 Å². The fourth-order valence-corrected chi connectivity index (χ4v) is 4.65. The van der Waals surface area contributed by atoms with E-state index >= 15 is 0 Å². The van der Waals surface area contributed by atoms with Crippen molar-refractivity contribution in [2.45, 2.75) is 30.2 Å². The van der Waals surface area contributed by atoms with E-state index in [9.17, 15) is 9.00 Å². The first-order chi connectivity index (χ1) is 15.5. The first-order valence-electron chi connectivity index (χ1n) is 10.9. The fraction of sp³-hybridized carbons (Fsp3) is 0.375. The molecule has 9 heteroatoms. The van der Waals surface area contributed by atoms with Crippen LogP contribution in [0.2, 0.25) is 0 Å². The number of benzene rings is 2. The summed E-state index contributed by atoms with van der Waals surface area (Å²) in [5, 5.41) is 4.11. The number of amides is 1. The van der Waals surface area contributed by atoms with E-state index in [0.29, 0.717) is 11.6 Å². The van der Waals surface area contributed by atoms with Crippen LogP contribution in [0.25, 0.3) is 5.69 Å². The number of likely N-dealkylation sites (N-methyl/N-ethyl adjacent to an activating group) is 1. The lowest BCUT2D eigenvalue weighted by Crippen LogP contribution is -2.46. The average molecular weight is 488 g/mol. The Kier molecular flexibility index (Phi) is 8.77. The van der Waals surface area contributed by atoms with Gasteiger partial charge in [0.15, 0.2) is 0 Å². The molecule has 0 N–H and O–H groups in total. The molecule has 3 aromatic rings. The van der Waals surface area contributed by atoms with Crippen molar-refractivity contribution in [1.82, 2.24) is 24.6 Å². The molecule has 0 aliphatic carbocycles. The molecule has 1 unspecified atom stereocenters. The summed E-state index contributed by atoms with van der Waals surface area (Å²) in [6.07, 6.45) is 7.75. The highest BCUT2D eigenvalue weighted by Crippen LogP contribution is 2.19. The third-order valence-electron chi connectivity index (χ3n) is 6.18. The van der Waals surface area contributed by atoms with E-state index in [4.69, 9.17) is 0 Å². The first-order valence-corrected chi connectivity index (χ1v) is 12.4. The van der Waals surface area contributed by atoms with Crippen LogP contribution in [0.4, 0.5) is 0 Å². The number of rotatable bonds is 7. The lowest BCUT2D eigenvalue weighted by Gasteiger charge is -2.37. The second-order valence-corrected chi connectivity index (χ2v) is 9.62. The molecular formula is C24H30ClN5O2S. The molecule has 1 atom stereocenters. The number of aromatic nitrogens is 3. The van der Waals surface area contributed by atoms with Crippen LogP contribution in [0.3, 0.4) is 0 Å². The zero-order valence-corrected chi connectivity index (χ0v) is 20.6. The third kappa shape index (κ3) is 6.28. The highest BCUT2D eigenvalue weighted by Gasteiger charge is 2.25. The Labute approximate surface area is 203 Å². The van der Waals surface area contributed by atoms with E-state index < -0.39 is 10.8 Å². The highest BCUT2D eigenvalue weighted by atomic mass is 35.5. The summed E-state index contributed by atoms with van der Waals surface area (Å²) in [7, 11) is 1.23. The molecule has 7 nitrogen and oxygen atoms in total. The summed E-state index contributed by atoms with van der Waals surface area (Å²) in [4.78, 5) is 22.1. The molecule has 1 aliphatic heterocycles. The van der Waals surface area contributed by atoms with E-state index in [0.717, 1.165) is 49.5 Å². The molecule has 33 heavy (non-hydrogen) atoms. The maximum absolute atomic E-state index is 12.9. The Bertz CT molecular complexity index is 1050.